The van der Waals surface area contributed by atoms with Crippen LogP contribution in [0.2, 0.25) is 0 Å². The van der Waals surface area contributed by atoms with Crippen LogP contribution in [0.25, 0.3) is 0 Å². The van der Waals surface area contributed by atoms with Gasteiger partial charge in [0, 0.05) is 12.5 Å². The molecule has 4 heteroatoms. The van der Waals surface area contributed by atoms with Gasteiger partial charge in [0.25, 0.3) is 0 Å². The predicted octanol–water partition coefficient (Wildman–Crippen LogP) is 2.52. The van der Waals surface area contributed by atoms with E-state index in [4.69, 9.17) is 5.11 Å². The van der Waals surface area contributed by atoms with Crippen LogP contribution in [0.1, 0.15) is 53.4 Å². The molecule has 0 spiro atoms. The molecule has 2 unspecified atom stereocenters. The van der Waals surface area contributed by atoms with E-state index >= 15 is 0 Å². The molecule has 1 aliphatic rings. The molecule has 1 fully saturated rings. The van der Waals surface area contributed by atoms with Crippen molar-refractivity contribution in [3.63, 3.8) is 0 Å². The highest BCUT2D eigenvalue weighted by Gasteiger charge is 2.38. The minimum atomic E-state index is -0.909. The zero-order chi connectivity index (χ0) is 13.9. The first-order valence-corrected chi connectivity index (χ1v) is 6.92. The second-order valence-corrected chi connectivity index (χ2v) is 5.66. The van der Waals surface area contributed by atoms with Crippen LogP contribution in [0, 0.1) is 11.8 Å². The Morgan fingerprint density at radius 1 is 1.28 bits per heavy atom. The van der Waals surface area contributed by atoms with Crippen LogP contribution in [-0.4, -0.2) is 34.0 Å². The fourth-order valence-electron chi connectivity index (χ4n) is 2.39. The van der Waals surface area contributed by atoms with Gasteiger partial charge in [0.15, 0.2) is 0 Å². The lowest BCUT2D eigenvalue weighted by Crippen LogP contribution is -2.45. The molecule has 0 heterocycles. The highest BCUT2D eigenvalue weighted by atomic mass is 16.4. The lowest BCUT2D eigenvalue weighted by atomic mass is 9.89. The van der Waals surface area contributed by atoms with Gasteiger partial charge < -0.3 is 10.0 Å². The Bertz CT molecular complexity index is 310. The number of aliphatic carboxylic acids is 1. The molecule has 1 aliphatic carbocycles. The van der Waals surface area contributed by atoms with Gasteiger partial charge in [-0.15, -0.1) is 0 Å². The summed E-state index contributed by atoms with van der Waals surface area (Å²) >= 11 is 0. The van der Waals surface area contributed by atoms with Gasteiger partial charge in [-0.2, -0.15) is 0 Å². The molecule has 1 rings (SSSR count). The van der Waals surface area contributed by atoms with Crippen molar-refractivity contribution in [1.29, 1.82) is 0 Å². The molecule has 18 heavy (non-hydrogen) atoms. The maximum absolute atomic E-state index is 12.3. The van der Waals surface area contributed by atoms with Crippen LogP contribution >= 0.6 is 0 Å². The molecule has 1 N–H and O–H groups in total. The normalized spacial score (nSPS) is 18.5. The zero-order valence-electron chi connectivity index (χ0n) is 11.8. The molecule has 0 aromatic rings. The van der Waals surface area contributed by atoms with Crippen molar-refractivity contribution in [1.82, 2.24) is 4.90 Å². The maximum Gasteiger partial charge on any atom is 0.326 e. The number of carbonyl (C=O) groups excluding carboxylic acids is 1. The number of carbonyl (C=O) groups is 2. The average Bonchev–Trinajstić information content (AvgIpc) is 3.09. The summed E-state index contributed by atoms with van der Waals surface area (Å²) in [5, 5.41) is 9.08. The van der Waals surface area contributed by atoms with E-state index in [9.17, 15) is 9.59 Å². The highest BCUT2D eigenvalue weighted by molar-refractivity contribution is 5.84. The van der Waals surface area contributed by atoms with Crippen molar-refractivity contribution >= 4 is 11.9 Å². The lowest BCUT2D eigenvalue weighted by molar-refractivity contribution is -0.150. The van der Waals surface area contributed by atoms with E-state index in [2.05, 4.69) is 20.8 Å². The first-order valence-electron chi connectivity index (χ1n) is 6.92. The molecule has 0 aromatic carbocycles. The predicted molar refractivity (Wildman–Crippen MR) is 70.2 cm³/mol. The van der Waals surface area contributed by atoms with E-state index in [1.54, 1.807) is 11.8 Å². The van der Waals surface area contributed by atoms with Crippen LogP contribution in [0.4, 0.5) is 0 Å². The summed E-state index contributed by atoms with van der Waals surface area (Å²) in [6.07, 6.45) is 3.33. The lowest BCUT2D eigenvalue weighted by Gasteiger charge is -2.29. The monoisotopic (exact) mass is 255 g/mol. The molecule has 0 bridgehead atoms. The molecule has 104 valence electrons. The minimum absolute atomic E-state index is 0.00736. The van der Waals surface area contributed by atoms with Crippen LogP contribution in [0.15, 0.2) is 0 Å². The summed E-state index contributed by atoms with van der Waals surface area (Å²) < 4.78 is 0. The molecule has 0 aliphatic heterocycles. The van der Waals surface area contributed by atoms with Gasteiger partial charge in [-0.1, -0.05) is 27.2 Å². The summed E-state index contributed by atoms with van der Waals surface area (Å²) in [5.74, 6) is -0.0966. The van der Waals surface area contributed by atoms with Gasteiger partial charge in [0.05, 0.1) is 0 Å². The maximum atomic E-state index is 12.3. The van der Waals surface area contributed by atoms with Crippen molar-refractivity contribution in [2.45, 2.75) is 65.5 Å². The molecular formula is C14H25NO3. The number of nitrogens with zero attached hydrogens (tertiary/aromatic N) is 1. The summed E-state index contributed by atoms with van der Waals surface area (Å²) in [7, 11) is 0. The van der Waals surface area contributed by atoms with Crippen molar-refractivity contribution in [3.05, 3.63) is 0 Å². The number of carboxylic acid groups (broad SMARTS) is 1. The summed E-state index contributed by atoms with van der Waals surface area (Å²) in [6.45, 7) is 7.92. The van der Waals surface area contributed by atoms with E-state index in [1.807, 2.05) is 0 Å². The van der Waals surface area contributed by atoms with Gasteiger partial charge in [-0.25, -0.2) is 4.79 Å². The molecule has 0 radical (unpaired) electrons. The number of carboxylic acids is 1. The number of amides is 1. The van der Waals surface area contributed by atoms with Gasteiger partial charge >= 0.3 is 5.97 Å². The topological polar surface area (TPSA) is 57.6 Å². The first-order chi connectivity index (χ1) is 8.38. The summed E-state index contributed by atoms with van der Waals surface area (Å²) in [6, 6.07) is -0.539. The zero-order valence-corrected chi connectivity index (χ0v) is 11.8. The Kier molecular flexibility index (Phi) is 5.17. The standard InChI is InChI=1S/C14H25NO3/c1-5-11(9(2)3)8-13(16)15(12-6-7-12)10(4)14(17)18/h9-12H,5-8H2,1-4H3,(H,17,18). The molecule has 1 amide bonds. The quantitative estimate of drug-likeness (QED) is 0.760. The van der Waals surface area contributed by atoms with E-state index in [0.29, 0.717) is 18.3 Å². The number of hydrogen-bond donors (Lipinski definition) is 1. The van der Waals surface area contributed by atoms with E-state index in [1.165, 1.54) is 0 Å². The Morgan fingerprint density at radius 3 is 2.17 bits per heavy atom. The fraction of sp³-hybridized carbons (Fsp3) is 0.857. The van der Waals surface area contributed by atoms with Gasteiger partial charge in [0.2, 0.25) is 5.91 Å². The minimum Gasteiger partial charge on any atom is -0.480 e. The molecule has 0 aromatic heterocycles. The number of rotatable bonds is 7. The van der Waals surface area contributed by atoms with Crippen molar-refractivity contribution < 1.29 is 14.7 Å². The third-order valence-electron chi connectivity index (χ3n) is 3.91. The summed E-state index contributed by atoms with van der Waals surface area (Å²) in [4.78, 5) is 25.0. The van der Waals surface area contributed by atoms with Gasteiger partial charge in [-0.05, 0) is 31.6 Å². The second-order valence-electron chi connectivity index (χ2n) is 5.66. The van der Waals surface area contributed by atoms with Crippen molar-refractivity contribution in [3.8, 4) is 0 Å². The molecule has 1 saturated carbocycles. The molecule has 2 atom stereocenters. The van der Waals surface area contributed by atoms with Gasteiger partial charge in [0.1, 0.15) is 6.04 Å². The first kappa shape index (κ1) is 15.0. The Hall–Kier alpha value is -1.06. The van der Waals surface area contributed by atoms with E-state index in [0.717, 1.165) is 19.3 Å². The van der Waals surface area contributed by atoms with E-state index < -0.39 is 12.0 Å². The fourth-order valence-corrected chi connectivity index (χ4v) is 2.39. The largest absolute Gasteiger partial charge is 0.480 e. The number of hydrogen-bond acceptors (Lipinski definition) is 2. The Balaban J connectivity index is 2.68. The van der Waals surface area contributed by atoms with Crippen LogP contribution in [0.3, 0.4) is 0 Å². The molecule has 4 nitrogen and oxygen atoms in total. The van der Waals surface area contributed by atoms with Crippen molar-refractivity contribution in [2.24, 2.45) is 11.8 Å². The highest BCUT2D eigenvalue weighted by Crippen LogP contribution is 2.31. The van der Waals surface area contributed by atoms with Crippen LogP contribution in [-0.2, 0) is 9.59 Å². The third kappa shape index (κ3) is 3.72. The Morgan fingerprint density at radius 2 is 1.83 bits per heavy atom. The van der Waals surface area contributed by atoms with Crippen LogP contribution < -0.4 is 0 Å². The summed E-state index contributed by atoms with van der Waals surface area (Å²) in [5.41, 5.74) is 0. The average molecular weight is 255 g/mol. The SMILES string of the molecule is CCC(CC(=O)N(C1CC1)C(C)C(=O)O)C(C)C. The molecular weight excluding hydrogens is 230 g/mol. The van der Waals surface area contributed by atoms with Crippen molar-refractivity contribution in [2.75, 3.05) is 0 Å². The van der Waals surface area contributed by atoms with Gasteiger partial charge in [-0.3, -0.25) is 4.79 Å². The second kappa shape index (κ2) is 6.21. The van der Waals surface area contributed by atoms with Crippen LogP contribution in [0.5, 0.6) is 0 Å². The molecule has 0 saturated heterocycles. The Labute approximate surface area is 109 Å². The van der Waals surface area contributed by atoms with E-state index in [-0.39, 0.29) is 11.9 Å². The smallest absolute Gasteiger partial charge is 0.326 e. The third-order valence-corrected chi connectivity index (χ3v) is 3.91.